The molecule has 0 aliphatic carbocycles. The van der Waals surface area contributed by atoms with Gasteiger partial charge in [-0.2, -0.15) is 0 Å². The maximum absolute atomic E-state index is 14.0. The summed E-state index contributed by atoms with van der Waals surface area (Å²) in [5, 5.41) is 8.95. The molecule has 2 aliphatic heterocycles. The number of hydrogen-bond acceptors (Lipinski definition) is 6. The Hall–Kier alpha value is -2.93. The Morgan fingerprint density at radius 3 is 2.49 bits per heavy atom. The van der Waals surface area contributed by atoms with Gasteiger partial charge in [-0.3, -0.25) is 9.59 Å². The molecular weight excluding hydrogens is 446 g/mol. The second kappa shape index (κ2) is 11.7. The summed E-state index contributed by atoms with van der Waals surface area (Å²) in [6.45, 7) is 7.67. The Morgan fingerprint density at radius 1 is 1.11 bits per heavy atom. The van der Waals surface area contributed by atoms with Crippen LogP contribution in [0.2, 0.25) is 0 Å². The minimum atomic E-state index is -1.04. The van der Waals surface area contributed by atoms with Crippen LogP contribution >= 0.6 is 0 Å². The van der Waals surface area contributed by atoms with Gasteiger partial charge in [0.15, 0.2) is 11.9 Å². The van der Waals surface area contributed by atoms with Crippen molar-refractivity contribution in [2.75, 3.05) is 6.61 Å². The number of hydrogen-bond donors (Lipinski definition) is 1. The molecule has 0 spiro atoms. The van der Waals surface area contributed by atoms with Crippen molar-refractivity contribution in [1.82, 2.24) is 4.90 Å². The number of amides is 2. The highest BCUT2D eigenvalue weighted by Crippen LogP contribution is 2.36. The highest BCUT2D eigenvalue weighted by molar-refractivity contribution is 6.02. The van der Waals surface area contributed by atoms with Crippen LogP contribution in [0.5, 0.6) is 0 Å². The van der Waals surface area contributed by atoms with Crippen molar-refractivity contribution in [3.05, 3.63) is 59.9 Å². The molecular formula is C28H37NO6. The molecule has 2 heterocycles. The number of cyclic esters (lactones) is 1. The summed E-state index contributed by atoms with van der Waals surface area (Å²) in [6, 6.07) is 8.97. The van der Waals surface area contributed by atoms with Gasteiger partial charge in [0.25, 0.3) is 0 Å². The molecule has 2 aliphatic rings. The van der Waals surface area contributed by atoms with Crippen molar-refractivity contribution < 1.29 is 29.0 Å². The van der Waals surface area contributed by atoms with Crippen LogP contribution in [-0.2, 0) is 25.5 Å². The topological polar surface area (TPSA) is 93.1 Å². The van der Waals surface area contributed by atoms with E-state index >= 15 is 0 Å². The summed E-state index contributed by atoms with van der Waals surface area (Å²) < 4.78 is 11.7. The monoisotopic (exact) mass is 483 g/mol. The zero-order chi connectivity index (χ0) is 25.6. The third-order valence-electron chi connectivity index (χ3n) is 6.55. The molecule has 0 aromatic heterocycles. The Bertz CT molecular complexity index is 965. The second-order valence-electron chi connectivity index (χ2n) is 10.1. The Morgan fingerprint density at radius 2 is 1.83 bits per heavy atom. The number of allylic oxidation sites excluding steroid dienone is 2. The number of imide groups is 1. The lowest BCUT2D eigenvalue weighted by molar-refractivity contribution is -0.144. The largest absolute Gasteiger partial charge is 0.482 e. The first-order valence-electron chi connectivity index (χ1n) is 12.4. The standard InChI is InChI=1S/C28H37NO6/c1-19(2)25-28(3,4)35-27(33)29(25)26(32)22(18-20-12-8-7-9-13-20)24-23(31)16-15-21(34-24)14-10-5-6-11-17-30/h7-9,12-16,19,22,24-25,30H,5-6,10-11,17-18H2,1-4H3/b21-14-/t22-,24?,25-/m0/s1. The molecule has 0 radical (unpaired) electrons. The number of carbonyl (C=O) groups excluding carboxylic acids is 3. The first kappa shape index (κ1) is 26.7. The van der Waals surface area contributed by atoms with Gasteiger partial charge >= 0.3 is 6.09 Å². The Labute approximate surface area is 207 Å². The Balaban J connectivity index is 1.90. The second-order valence-corrected chi connectivity index (χ2v) is 10.1. The lowest BCUT2D eigenvalue weighted by atomic mass is 9.85. The lowest BCUT2D eigenvalue weighted by Gasteiger charge is -2.35. The van der Waals surface area contributed by atoms with E-state index in [1.54, 1.807) is 19.9 Å². The lowest BCUT2D eigenvalue weighted by Crippen LogP contribution is -2.53. The summed E-state index contributed by atoms with van der Waals surface area (Å²) in [4.78, 5) is 41.0. The van der Waals surface area contributed by atoms with E-state index in [0.717, 1.165) is 31.2 Å². The summed E-state index contributed by atoms with van der Waals surface area (Å²) in [5.41, 5.74) is 0.0362. The Kier molecular flexibility index (Phi) is 8.89. The van der Waals surface area contributed by atoms with E-state index in [0.29, 0.717) is 5.76 Å². The van der Waals surface area contributed by atoms with E-state index < -0.39 is 35.7 Å². The number of carbonyl (C=O) groups is 3. The van der Waals surface area contributed by atoms with Crippen molar-refractivity contribution >= 4 is 17.8 Å². The zero-order valence-corrected chi connectivity index (χ0v) is 21.1. The molecule has 1 aromatic carbocycles. The number of aliphatic hydroxyl groups excluding tert-OH is 1. The number of aliphatic hydroxyl groups is 1. The minimum absolute atomic E-state index is 0.0324. The van der Waals surface area contributed by atoms with Crippen LogP contribution in [0.15, 0.2) is 54.3 Å². The average Bonchev–Trinajstić information content (AvgIpc) is 3.07. The molecule has 1 unspecified atom stereocenters. The molecule has 3 rings (SSSR count). The van der Waals surface area contributed by atoms with Crippen molar-refractivity contribution in [1.29, 1.82) is 0 Å². The normalized spacial score (nSPS) is 23.5. The van der Waals surface area contributed by atoms with Crippen LogP contribution in [0.4, 0.5) is 4.79 Å². The highest BCUT2D eigenvalue weighted by Gasteiger charge is 2.54. The van der Waals surface area contributed by atoms with Gasteiger partial charge in [0.2, 0.25) is 5.91 Å². The van der Waals surface area contributed by atoms with Gasteiger partial charge in [0.05, 0.1) is 12.0 Å². The molecule has 0 bridgehead atoms. The number of ether oxygens (including phenoxy) is 2. The number of nitrogens with zero attached hydrogens (tertiary/aromatic N) is 1. The fourth-order valence-corrected chi connectivity index (χ4v) is 5.03. The SMILES string of the molecule is CC(C)[C@@H]1N(C(=O)[C@@H](Cc2ccccc2)C2O/C(=C\CCCCCO)C=CC2=O)C(=O)OC1(C)C. The summed E-state index contributed by atoms with van der Waals surface area (Å²) in [6.07, 6.45) is 6.76. The molecule has 1 saturated heterocycles. The smallest absolute Gasteiger partial charge is 0.417 e. The van der Waals surface area contributed by atoms with Gasteiger partial charge in [-0.15, -0.1) is 0 Å². The molecule has 3 atom stereocenters. The van der Waals surface area contributed by atoms with E-state index in [1.165, 1.54) is 11.0 Å². The van der Waals surface area contributed by atoms with Crippen LogP contribution in [0.1, 0.15) is 58.9 Å². The maximum Gasteiger partial charge on any atom is 0.417 e. The highest BCUT2D eigenvalue weighted by atomic mass is 16.6. The molecule has 1 aromatic rings. The molecule has 1 N–H and O–H groups in total. The van der Waals surface area contributed by atoms with Crippen molar-refractivity contribution in [2.24, 2.45) is 11.8 Å². The zero-order valence-electron chi connectivity index (χ0n) is 21.1. The van der Waals surface area contributed by atoms with Gasteiger partial charge in [0, 0.05) is 6.61 Å². The van der Waals surface area contributed by atoms with Crippen LogP contribution in [0.25, 0.3) is 0 Å². The van der Waals surface area contributed by atoms with E-state index in [-0.39, 0.29) is 24.7 Å². The number of benzene rings is 1. The van der Waals surface area contributed by atoms with Crippen LogP contribution in [0, 0.1) is 11.8 Å². The van der Waals surface area contributed by atoms with Gasteiger partial charge < -0.3 is 14.6 Å². The molecule has 0 saturated carbocycles. The quantitative estimate of drug-likeness (QED) is 0.490. The third-order valence-corrected chi connectivity index (χ3v) is 6.55. The molecule has 35 heavy (non-hydrogen) atoms. The average molecular weight is 484 g/mol. The fraction of sp³-hybridized carbons (Fsp3) is 0.536. The van der Waals surface area contributed by atoms with E-state index in [9.17, 15) is 14.4 Å². The predicted octanol–water partition coefficient (Wildman–Crippen LogP) is 4.59. The molecule has 2 amide bonds. The summed E-state index contributed by atoms with van der Waals surface area (Å²) in [5.74, 6) is -1.15. The van der Waals surface area contributed by atoms with Crippen molar-refractivity contribution in [3.63, 3.8) is 0 Å². The summed E-state index contributed by atoms with van der Waals surface area (Å²) in [7, 11) is 0. The van der Waals surface area contributed by atoms with Crippen LogP contribution < -0.4 is 0 Å². The van der Waals surface area contributed by atoms with Crippen LogP contribution in [-0.4, -0.2) is 52.1 Å². The number of rotatable bonds is 10. The fourth-order valence-electron chi connectivity index (χ4n) is 5.03. The van der Waals surface area contributed by atoms with E-state index in [1.807, 2.05) is 50.3 Å². The van der Waals surface area contributed by atoms with Gasteiger partial charge in [-0.25, -0.2) is 9.69 Å². The van der Waals surface area contributed by atoms with E-state index in [2.05, 4.69) is 0 Å². The molecule has 1 fully saturated rings. The molecule has 190 valence electrons. The number of ketones is 1. The molecule has 7 heteroatoms. The van der Waals surface area contributed by atoms with Gasteiger partial charge in [-0.05, 0) is 69.2 Å². The van der Waals surface area contributed by atoms with E-state index in [4.69, 9.17) is 14.6 Å². The summed E-state index contributed by atoms with van der Waals surface area (Å²) >= 11 is 0. The predicted molar refractivity (Wildman–Crippen MR) is 132 cm³/mol. The van der Waals surface area contributed by atoms with Crippen LogP contribution in [0.3, 0.4) is 0 Å². The van der Waals surface area contributed by atoms with Crippen molar-refractivity contribution in [3.8, 4) is 0 Å². The minimum Gasteiger partial charge on any atom is -0.482 e. The maximum atomic E-state index is 14.0. The van der Waals surface area contributed by atoms with Crippen molar-refractivity contribution in [2.45, 2.75) is 77.5 Å². The number of unbranched alkanes of at least 4 members (excludes halogenated alkanes) is 3. The first-order valence-corrected chi connectivity index (χ1v) is 12.4. The van der Waals surface area contributed by atoms with Gasteiger partial charge in [-0.1, -0.05) is 50.6 Å². The molecule has 7 nitrogen and oxygen atoms in total. The third kappa shape index (κ3) is 6.40. The first-order chi connectivity index (χ1) is 16.7. The van der Waals surface area contributed by atoms with Gasteiger partial charge in [0.1, 0.15) is 11.4 Å².